The molecule has 0 spiro atoms. The highest BCUT2D eigenvalue weighted by molar-refractivity contribution is 5.95. The molecule has 1 aromatic heterocycles. The summed E-state index contributed by atoms with van der Waals surface area (Å²) >= 11 is 0. The molecule has 0 saturated carbocycles. The standard InChI is InChI=1S/C17H30N2O2/c1-5-7-10-19(11-8-6-2)17(20)16-9-12-18(15(16)3)13-14-21-4/h9,12H,5-8,10-11,13-14H2,1-4H3. The van der Waals surface area contributed by atoms with Gasteiger partial charge in [-0.25, -0.2) is 0 Å². The van der Waals surface area contributed by atoms with Gasteiger partial charge in [-0.2, -0.15) is 0 Å². The summed E-state index contributed by atoms with van der Waals surface area (Å²) in [5.74, 6) is 0.172. The maximum absolute atomic E-state index is 12.7. The van der Waals surface area contributed by atoms with Crippen molar-refractivity contribution in [2.75, 3.05) is 26.8 Å². The highest BCUT2D eigenvalue weighted by atomic mass is 16.5. The number of ether oxygens (including phenoxy) is 1. The Morgan fingerprint density at radius 1 is 1.24 bits per heavy atom. The lowest BCUT2D eigenvalue weighted by Gasteiger charge is -2.22. The highest BCUT2D eigenvalue weighted by Gasteiger charge is 2.18. The number of hydrogen-bond donors (Lipinski definition) is 0. The zero-order valence-electron chi connectivity index (χ0n) is 14.0. The van der Waals surface area contributed by atoms with Crippen molar-refractivity contribution in [2.45, 2.75) is 53.0 Å². The van der Waals surface area contributed by atoms with Crippen LogP contribution in [0.4, 0.5) is 0 Å². The lowest BCUT2D eigenvalue weighted by atomic mass is 10.2. The fraction of sp³-hybridized carbons (Fsp3) is 0.706. The maximum Gasteiger partial charge on any atom is 0.255 e. The Labute approximate surface area is 129 Å². The molecule has 0 aliphatic rings. The Balaban J connectivity index is 2.79. The molecule has 0 aliphatic heterocycles. The number of nitrogens with zero attached hydrogens (tertiary/aromatic N) is 2. The average molecular weight is 294 g/mol. The Hall–Kier alpha value is -1.29. The van der Waals surface area contributed by atoms with Gasteiger partial charge in [-0.3, -0.25) is 4.79 Å². The van der Waals surface area contributed by atoms with Crippen LogP contribution in [0.15, 0.2) is 12.3 Å². The number of methoxy groups -OCH3 is 1. The van der Waals surface area contributed by atoms with Crippen LogP contribution in [0, 0.1) is 6.92 Å². The summed E-state index contributed by atoms with van der Waals surface area (Å²) in [6, 6.07) is 1.94. The smallest absolute Gasteiger partial charge is 0.255 e. The van der Waals surface area contributed by atoms with Crippen LogP contribution in [0.2, 0.25) is 0 Å². The van der Waals surface area contributed by atoms with E-state index in [4.69, 9.17) is 4.74 Å². The SMILES string of the molecule is CCCCN(CCCC)C(=O)c1ccn(CCOC)c1C. The van der Waals surface area contributed by atoms with Gasteiger partial charge in [0.15, 0.2) is 0 Å². The highest BCUT2D eigenvalue weighted by Crippen LogP contribution is 2.14. The molecular weight excluding hydrogens is 264 g/mol. The van der Waals surface area contributed by atoms with Crippen molar-refractivity contribution in [3.05, 3.63) is 23.5 Å². The van der Waals surface area contributed by atoms with E-state index >= 15 is 0 Å². The van der Waals surface area contributed by atoms with Crippen molar-refractivity contribution in [1.29, 1.82) is 0 Å². The zero-order chi connectivity index (χ0) is 15.7. The van der Waals surface area contributed by atoms with E-state index in [1.807, 2.05) is 24.1 Å². The summed E-state index contributed by atoms with van der Waals surface area (Å²) in [6.07, 6.45) is 6.35. The van der Waals surface area contributed by atoms with Gasteiger partial charge in [0.2, 0.25) is 0 Å². The van der Waals surface area contributed by atoms with E-state index in [1.165, 1.54) is 0 Å². The van der Waals surface area contributed by atoms with Crippen molar-refractivity contribution >= 4 is 5.91 Å². The van der Waals surface area contributed by atoms with Gasteiger partial charge in [0, 0.05) is 38.6 Å². The van der Waals surface area contributed by atoms with E-state index in [1.54, 1.807) is 7.11 Å². The molecule has 0 radical (unpaired) electrons. The van der Waals surface area contributed by atoms with Crippen LogP contribution in [-0.4, -0.2) is 42.2 Å². The van der Waals surface area contributed by atoms with Crippen molar-refractivity contribution in [3.8, 4) is 0 Å². The molecule has 0 unspecified atom stereocenters. The van der Waals surface area contributed by atoms with Crippen LogP contribution in [0.5, 0.6) is 0 Å². The molecule has 0 N–H and O–H groups in total. The van der Waals surface area contributed by atoms with Crippen LogP contribution in [0.1, 0.15) is 55.6 Å². The van der Waals surface area contributed by atoms with E-state index in [0.717, 1.165) is 56.6 Å². The molecule has 21 heavy (non-hydrogen) atoms. The summed E-state index contributed by atoms with van der Waals surface area (Å²) in [6.45, 7) is 9.51. The molecule has 0 atom stereocenters. The largest absolute Gasteiger partial charge is 0.383 e. The van der Waals surface area contributed by atoms with Crippen LogP contribution < -0.4 is 0 Å². The summed E-state index contributed by atoms with van der Waals surface area (Å²) in [5.41, 5.74) is 1.87. The Kier molecular flexibility index (Phi) is 8.13. The fourth-order valence-corrected chi connectivity index (χ4v) is 2.39. The third-order valence-corrected chi connectivity index (χ3v) is 3.86. The number of amides is 1. The van der Waals surface area contributed by atoms with Gasteiger partial charge in [-0.15, -0.1) is 0 Å². The van der Waals surface area contributed by atoms with Gasteiger partial charge >= 0.3 is 0 Å². The van der Waals surface area contributed by atoms with Gasteiger partial charge in [-0.1, -0.05) is 26.7 Å². The van der Waals surface area contributed by atoms with E-state index in [0.29, 0.717) is 6.61 Å². The maximum atomic E-state index is 12.7. The van der Waals surface area contributed by atoms with Crippen LogP contribution in [-0.2, 0) is 11.3 Å². The summed E-state index contributed by atoms with van der Waals surface area (Å²) < 4.78 is 7.20. The van der Waals surface area contributed by atoms with Crippen LogP contribution in [0.25, 0.3) is 0 Å². The molecule has 4 nitrogen and oxygen atoms in total. The predicted octanol–water partition coefficient (Wildman–Crippen LogP) is 3.49. The Morgan fingerprint density at radius 3 is 2.38 bits per heavy atom. The number of rotatable bonds is 10. The van der Waals surface area contributed by atoms with E-state index in [9.17, 15) is 4.79 Å². The minimum Gasteiger partial charge on any atom is -0.383 e. The minimum atomic E-state index is 0.172. The number of unbranched alkanes of at least 4 members (excludes halogenated alkanes) is 2. The Morgan fingerprint density at radius 2 is 1.86 bits per heavy atom. The summed E-state index contributed by atoms with van der Waals surface area (Å²) in [5, 5.41) is 0. The summed E-state index contributed by atoms with van der Waals surface area (Å²) in [7, 11) is 1.70. The molecule has 0 aromatic carbocycles. The first kappa shape index (κ1) is 17.8. The molecular formula is C17H30N2O2. The van der Waals surface area contributed by atoms with E-state index in [-0.39, 0.29) is 5.91 Å². The topological polar surface area (TPSA) is 34.5 Å². The first-order valence-corrected chi connectivity index (χ1v) is 8.09. The second kappa shape index (κ2) is 9.61. The second-order valence-corrected chi connectivity index (χ2v) is 5.50. The third-order valence-electron chi connectivity index (χ3n) is 3.86. The molecule has 120 valence electrons. The van der Waals surface area contributed by atoms with Gasteiger partial charge in [0.25, 0.3) is 5.91 Å². The first-order valence-electron chi connectivity index (χ1n) is 8.09. The number of carbonyl (C=O) groups excluding carboxylic acids is 1. The van der Waals surface area contributed by atoms with E-state index < -0.39 is 0 Å². The first-order chi connectivity index (χ1) is 10.2. The molecule has 1 aromatic rings. The molecule has 1 rings (SSSR count). The Bertz CT molecular complexity index is 418. The minimum absolute atomic E-state index is 0.172. The van der Waals surface area contributed by atoms with Gasteiger partial charge in [0.1, 0.15) is 0 Å². The lowest BCUT2D eigenvalue weighted by molar-refractivity contribution is 0.0750. The number of aromatic nitrogens is 1. The molecule has 0 aliphatic carbocycles. The van der Waals surface area contributed by atoms with Crippen LogP contribution >= 0.6 is 0 Å². The second-order valence-electron chi connectivity index (χ2n) is 5.50. The summed E-state index contributed by atoms with van der Waals surface area (Å²) in [4.78, 5) is 14.8. The molecule has 0 fully saturated rings. The van der Waals surface area contributed by atoms with Crippen molar-refractivity contribution < 1.29 is 9.53 Å². The fourth-order valence-electron chi connectivity index (χ4n) is 2.39. The lowest BCUT2D eigenvalue weighted by Crippen LogP contribution is -2.33. The molecule has 0 saturated heterocycles. The number of hydrogen-bond acceptors (Lipinski definition) is 2. The zero-order valence-corrected chi connectivity index (χ0v) is 14.0. The van der Waals surface area contributed by atoms with Crippen molar-refractivity contribution in [2.24, 2.45) is 0 Å². The molecule has 1 heterocycles. The average Bonchev–Trinajstić information content (AvgIpc) is 2.85. The number of carbonyl (C=O) groups is 1. The quantitative estimate of drug-likeness (QED) is 0.662. The van der Waals surface area contributed by atoms with Gasteiger partial charge < -0.3 is 14.2 Å². The molecule has 4 heteroatoms. The van der Waals surface area contributed by atoms with Crippen LogP contribution in [0.3, 0.4) is 0 Å². The van der Waals surface area contributed by atoms with E-state index in [2.05, 4.69) is 18.4 Å². The molecule has 0 bridgehead atoms. The predicted molar refractivity (Wildman–Crippen MR) is 86.8 cm³/mol. The monoisotopic (exact) mass is 294 g/mol. The van der Waals surface area contributed by atoms with Gasteiger partial charge in [0.05, 0.1) is 12.2 Å². The van der Waals surface area contributed by atoms with Crippen molar-refractivity contribution in [3.63, 3.8) is 0 Å². The van der Waals surface area contributed by atoms with Crippen molar-refractivity contribution in [1.82, 2.24) is 9.47 Å². The normalized spacial score (nSPS) is 10.9. The van der Waals surface area contributed by atoms with Gasteiger partial charge in [-0.05, 0) is 25.8 Å². The molecule has 1 amide bonds. The third kappa shape index (κ3) is 5.20.